The lowest BCUT2D eigenvalue weighted by atomic mass is 10.1. The summed E-state index contributed by atoms with van der Waals surface area (Å²) in [7, 11) is 0.166. The highest BCUT2D eigenvalue weighted by molar-refractivity contribution is 6.71. The maximum Gasteiger partial charge on any atom is 0.308 e. The van der Waals surface area contributed by atoms with Crippen molar-refractivity contribution in [1.82, 2.24) is 4.90 Å². The maximum atomic E-state index is 11.6. The molecule has 1 atom stereocenters. The van der Waals surface area contributed by atoms with Crippen molar-refractivity contribution in [2.75, 3.05) is 20.2 Å². The molecule has 1 fully saturated rings. The molecule has 1 saturated heterocycles. The molecule has 98 valence electrons. The lowest BCUT2D eigenvalue weighted by molar-refractivity contribution is -0.141. The molecule has 0 saturated carbocycles. The second kappa shape index (κ2) is 5.64. The molecule has 6 heteroatoms. The van der Waals surface area contributed by atoms with E-state index in [0.29, 0.717) is 13.1 Å². The number of hydrogen-bond acceptors (Lipinski definition) is 3. The van der Waals surface area contributed by atoms with E-state index >= 15 is 0 Å². The van der Waals surface area contributed by atoms with Gasteiger partial charge in [-0.05, 0) is 25.6 Å². The average Bonchev–Trinajstić information content (AvgIpc) is 2.60. The van der Waals surface area contributed by atoms with Crippen LogP contribution in [0.2, 0.25) is 19.1 Å². The monoisotopic (exact) mass is 259 g/mol. The molecule has 1 aliphatic heterocycles. The van der Waals surface area contributed by atoms with Gasteiger partial charge in [0, 0.05) is 26.6 Å². The summed E-state index contributed by atoms with van der Waals surface area (Å²) < 4.78 is 5.43. The zero-order valence-corrected chi connectivity index (χ0v) is 11.7. The predicted octanol–water partition coefficient (Wildman–Crippen LogP) is 1.16. The van der Waals surface area contributed by atoms with E-state index in [9.17, 15) is 9.59 Å². The molecule has 0 bridgehead atoms. The molecule has 1 amide bonds. The van der Waals surface area contributed by atoms with Crippen LogP contribution in [-0.4, -0.2) is 50.4 Å². The number of carboxylic acid groups (broad SMARTS) is 1. The zero-order chi connectivity index (χ0) is 13.1. The smallest absolute Gasteiger partial charge is 0.308 e. The molecular formula is C11H21NO4Si. The third-order valence-corrected chi connectivity index (χ3v) is 5.99. The molecule has 0 spiro atoms. The first-order valence-electron chi connectivity index (χ1n) is 5.91. The summed E-state index contributed by atoms with van der Waals surface area (Å²) in [6.45, 7) is 5.29. The van der Waals surface area contributed by atoms with Gasteiger partial charge in [-0.2, -0.15) is 0 Å². The summed E-state index contributed by atoms with van der Waals surface area (Å²) >= 11 is 0. The fourth-order valence-electron chi connectivity index (χ4n) is 1.95. The summed E-state index contributed by atoms with van der Waals surface area (Å²) in [5.74, 6) is -1.42. The number of hydrogen-bond donors (Lipinski definition) is 1. The fourth-order valence-corrected chi connectivity index (χ4v) is 3.17. The molecule has 5 nitrogen and oxygen atoms in total. The Bertz CT molecular complexity index is 306. The van der Waals surface area contributed by atoms with E-state index in [1.807, 2.05) is 0 Å². The highest BCUT2D eigenvalue weighted by Crippen LogP contribution is 2.20. The second-order valence-electron chi connectivity index (χ2n) is 5.15. The van der Waals surface area contributed by atoms with Crippen LogP contribution in [0, 0.1) is 5.92 Å². The Morgan fingerprint density at radius 2 is 2.24 bits per heavy atom. The standard InChI is InChI=1S/C11H21NO4Si/c1-16-17(2,3)6-4-5-12-8-9(11(14)15)7-10(12)13/h9H,4-8H2,1-3H3,(H,14,15). The van der Waals surface area contributed by atoms with Crippen LogP contribution in [0.4, 0.5) is 0 Å². The highest BCUT2D eigenvalue weighted by atomic mass is 28.4. The van der Waals surface area contributed by atoms with Gasteiger partial charge in [0.2, 0.25) is 5.91 Å². The zero-order valence-electron chi connectivity index (χ0n) is 10.7. The predicted molar refractivity (Wildman–Crippen MR) is 66.2 cm³/mol. The number of carbonyl (C=O) groups excluding carboxylic acids is 1. The van der Waals surface area contributed by atoms with E-state index in [4.69, 9.17) is 9.53 Å². The fraction of sp³-hybridized carbons (Fsp3) is 0.818. The number of aliphatic carboxylic acids is 1. The van der Waals surface area contributed by atoms with Gasteiger partial charge in [-0.25, -0.2) is 0 Å². The van der Waals surface area contributed by atoms with Crippen molar-refractivity contribution in [3.63, 3.8) is 0 Å². The molecule has 1 heterocycles. The third-order valence-electron chi connectivity index (χ3n) is 3.32. The van der Waals surface area contributed by atoms with Crippen LogP contribution >= 0.6 is 0 Å². The molecule has 0 radical (unpaired) electrons. The van der Waals surface area contributed by atoms with Gasteiger partial charge >= 0.3 is 5.97 Å². The molecule has 17 heavy (non-hydrogen) atoms. The van der Waals surface area contributed by atoms with Crippen molar-refractivity contribution < 1.29 is 19.1 Å². The molecule has 1 aliphatic rings. The number of carboxylic acids is 1. The van der Waals surface area contributed by atoms with Crippen LogP contribution in [-0.2, 0) is 14.0 Å². The van der Waals surface area contributed by atoms with Gasteiger partial charge in [-0.3, -0.25) is 9.59 Å². The summed E-state index contributed by atoms with van der Waals surface area (Å²) in [5.41, 5.74) is 0. The van der Waals surface area contributed by atoms with Crippen LogP contribution in [0.15, 0.2) is 0 Å². The van der Waals surface area contributed by atoms with Gasteiger partial charge in [-0.1, -0.05) is 0 Å². The van der Waals surface area contributed by atoms with Crippen LogP contribution in [0.1, 0.15) is 12.8 Å². The highest BCUT2D eigenvalue weighted by Gasteiger charge is 2.34. The van der Waals surface area contributed by atoms with Crippen molar-refractivity contribution >= 4 is 20.2 Å². The number of rotatable bonds is 6. The molecule has 0 aliphatic carbocycles. The van der Waals surface area contributed by atoms with Gasteiger partial charge in [0.05, 0.1) is 5.92 Å². The number of likely N-dealkylation sites (tertiary alicyclic amines) is 1. The van der Waals surface area contributed by atoms with Crippen molar-refractivity contribution in [3.05, 3.63) is 0 Å². The SMILES string of the molecule is CO[Si](C)(C)CCCN1CC(C(=O)O)CC1=O. The number of carbonyl (C=O) groups is 2. The Labute approximate surface area is 103 Å². The minimum atomic E-state index is -1.56. The third kappa shape index (κ3) is 4.12. The van der Waals surface area contributed by atoms with E-state index in [2.05, 4.69) is 13.1 Å². The molecule has 0 aromatic rings. The molecule has 1 rings (SSSR count). The first-order chi connectivity index (χ1) is 7.85. The van der Waals surface area contributed by atoms with Gasteiger partial charge in [0.1, 0.15) is 0 Å². The topological polar surface area (TPSA) is 66.8 Å². The Hall–Kier alpha value is -0.883. The van der Waals surface area contributed by atoms with E-state index in [1.54, 1.807) is 12.0 Å². The molecular weight excluding hydrogens is 238 g/mol. The van der Waals surface area contributed by atoms with Gasteiger partial charge in [0.15, 0.2) is 8.32 Å². The lowest BCUT2D eigenvalue weighted by Crippen LogP contribution is -2.32. The lowest BCUT2D eigenvalue weighted by Gasteiger charge is -2.22. The van der Waals surface area contributed by atoms with E-state index in [0.717, 1.165) is 12.5 Å². The summed E-state index contributed by atoms with van der Waals surface area (Å²) in [4.78, 5) is 24.0. The summed E-state index contributed by atoms with van der Waals surface area (Å²) in [6, 6.07) is 0.991. The Balaban J connectivity index is 2.34. The van der Waals surface area contributed by atoms with Gasteiger partial charge < -0.3 is 14.4 Å². The van der Waals surface area contributed by atoms with Crippen LogP contribution in [0.3, 0.4) is 0 Å². The van der Waals surface area contributed by atoms with E-state index in [-0.39, 0.29) is 12.3 Å². The van der Waals surface area contributed by atoms with Crippen molar-refractivity contribution in [2.24, 2.45) is 5.92 Å². The Morgan fingerprint density at radius 1 is 1.59 bits per heavy atom. The quantitative estimate of drug-likeness (QED) is 0.727. The molecule has 1 N–H and O–H groups in total. The Morgan fingerprint density at radius 3 is 2.71 bits per heavy atom. The first kappa shape index (κ1) is 14.2. The van der Waals surface area contributed by atoms with E-state index < -0.39 is 20.2 Å². The molecule has 0 aromatic carbocycles. The van der Waals surface area contributed by atoms with Crippen molar-refractivity contribution in [2.45, 2.75) is 32.0 Å². The average molecular weight is 259 g/mol. The number of amides is 1. The molecule has 0 aromatic heterocycles. The van der Waals surface area contributed by atoms with Crippen LogP contribution in [0.25, 0.3) is 0 Å². The van der Waals surface area contributed by atoms with Gasteiger partial charge in [-0.15, -0.1) is 0 Å². The molecule has 1 unspecified atom stereocenters. The Kier molecular flexibility index (Phi) is 4.70. The van der Waals surface area contributed by atoms with Crippen LogP contribution in [0.5, 0.6) is 0 Å². The second-order valence-corrected chi connectivity index (χ2v) is 9.57. The van der Waals surface area contributed by atoms with E-state index in [1.165, 1.54) is 0 Å². The maximum absolute atomic E-state index is 11.6. The summed E-state index contributed by atoms with van der Waals surface area (Å²) in [6.07, 6.45) is 1.05. The van der Waals surface area contributed by atoms with Crippen molar-refractivity contribution in [3.8, 4) is 0 Å². The summed E-state index contributed by atoms with van der Waals surface area (Å²) in [5, 5.41) is 8.85. The minimum absolute atomic E-state index is 0.0331. The first-order valence-corrected chi connectivity index (χ1v) is 9.03. The van der Waals surface area contributed by atoms with Crippen molar-refractivity contribution in [1.29, 1.82) is 0 Å². The van der Waals surface area contributed by atoms with Gasteiger partial charge in [0.25, 0.3) is 0 Å². The number of nitrogens with zero attached hydrogens (tertiary/aromatic N) is 1. The largest absolute Gasteiger partial charge is 0.481 e. The van der Waals surface area contributed by atoms with Crippen LogP contribution < -0.4 is 0 Å². The minimum Gasteiger partial charge on any atom is -0.481 e. The normalized spacial score (nSPS) is 21.0.